The minimum Gasteiger partial charge on any atom is -0.497 e. The van der Waals surface area contributed by atoms with Crippen molar-refractivity contribution >= 4 is 34.3 Å². The Morgan fingerprint density at radius 1 is 0.892 bits per heavy atom. The second-order valence-electron chi connectivity index (χ2n) is 8.00. The first-order valence-electron chi connectivity index (χ1n) is 11.5. The molecule has 5 aromatic rings. The molecule has 37 heavy (non-hydrogen) atoms. The molecule has 0 aliphatic carbocycles. The van der Waals surface area contributed by atoms with Crippen molar-refractivity contribution in [1.29, 1.82) is 0 Å². The van der Waals surface area contributed by atoms with Gasteiger partial charge in [-0.25, -0.2) is 4.98 Å². The zero-order valence-corrected chi connectivity index (χ0v) is 20.8. The van der Waals surface area contributed by atoms with Crippen LogP contribution in [0.25, 0.3) is 16.6 Å². The molecule has 7 nitrogen and oxygen atoms in total. The van der Waals surface area contributed by atoms with Crippen molar-refractivity contribution < 1.29 is 14.3 Å². The Labute approximate surface area is 217 Å². The highest BCUT2D eigenvalue weighted by atomic mass is 32.2. The number of nitrogens with zero attached hydrogens (tertiary/aromatic N) is 2. The predicted octanol–water partition coefficient (Wildman–Crippen LogP) is 5.92. The fourth-order valence-corrected chi connectivity index (χ4v) is 4.59. The maximum atomic E-state index is 13.5. The molecule has 0 saturated heterocycles. The van der Waals surface area contributed by atoms with E-state index in [9.17, 15) is 9.59 Å². The summed E-state index contributed by atoms with van der Waals surface area (Å²) in [6.45, 7) is 0. The summed E-state index contributed by atoms with van der Waals surface area (Å²) < 4.78 is 12.8. The molecule has 4 aromatic carbocycles. The van der Waals surface area contributed by atoms with Crippen molar-refractivity contribution in [2.45, 2.75) is 5.16 Å². The molecular weight excluding hydrogens is 486 g/mol. The number of carbonyl (C=O) groups is 1. The van der Waals surface area contributed by atoms with Gasteiger partial charge in [-0.15, -0.1) is 0 Å². The molecule has 0 atom stereocenters. The third-order valence-electron chi connectivity index (χ3n) is 5.52. The second-order valence-corrected chi connectivity index (χ2v) is 8.94. The SMILES string of the molecule is COc1cccc(-n2c(SCC(=O)Nc3ccccc3Oc3ccccc3)nc3ccccc3c2=O)c1. The molecule has 8 heteroatoms. The Kier molecular flexibility index (Phi) is 7.19. The van der Waals surface area contributed by atoms with Crippen LogP contribution in [0, 0.1) is 0 Å². The average molecular weight is 510 g/mol. The van der Waals surface area contributed by atoms with E-state index in [1.807, 2.05) is 54.6 Å². The Balaban J connectivity index is 1.41. The molecule has 0 fully saturated rings. The maximum Gasteiger partial charge on any atom is 0.266 e. The van der Waals surface area contributed by atoms with Crippen LogP contribution in [0.3, 0.4) is 0 Å². The summed E-state index contributed by atoms with van der Waals surface area (Å²) in [5, 5.41) is 3.81. The number of para-hydroxylation sites is 4. The van der Waals surface area contributed by atoms with Crippen LogP contribution in [-0.2, 0) is 4.79 Å². The molecule has 1 amide bonds. The molecular formula is C29H23N3O4S. The van der Waals surface area contributed by atoms with Crippen LogP contribution in [0.1, 0.15) is 0 Å². The number of hydrogen-bond donors (Lipinski definition) is 1. The van der Waals surface area contributed by atoms with Gasteiger partial charge >= 0.3 is 0 Å². The van der Waals surface area contributed by atoms with E-state index in [1.165, 1.54) is 16.3 Å². The summed E-state index contributed by atoms with van der Waals surface area (Å²) in [5.74, 6) is 1.59. The van der Waals surface area contributed by atoms with E-state index in [0.29, 0.717) is 44.7 Å². The molecule has 0 radical (unpaired) electrons. The van der Waals surface area contributed by atoms with E-state index in [1.54, 1.807) is 55.6 Å². The molecule has 184 valence electrons. The van der Waals surface area contributed by atoms with Crippen LogP contribution in [0.15, 0.2) is 113 Å². The van der Waals surface area contributed by atoms with Crippen molar-refractivity contribution in [3.63, 3.8) is 0 Å². The molecule has 0 bridgehead atoms. The third-order valence-corrected chi connectivity index (χ3v) is 6.46. The van der Waals surface area contributed by atoms with Crippen molar-refractivity contribution in [3.8, 4) is 22.9 Å². The lowest BCUT2D eigenvalue weighted by molar-refractivity contribution is -0.113. The number of aromatic nitrogens is 2. The Bertz CT molecular complexity index is 1620. The van der Waals surface area contributed by atoms with Gasteiger partial charge in [-0.2, -0.15) is 0 Å². The van der Waals surface area contributed by atoms with Crippen LogP contribution in [0.2, 0.25) is 0 Å². The van der Waals surface area contributed by atoms with E-state index in [0.717, 1.165) is 0 Å². The third kappa shape index (κ3) is 5.49. The predicted molar refractivity (Wildman–Crippen MR) is 146 cm³/mol. The normalized spacial score (nSPS) is 10.7. The van der Waals surface area contributed by atoms with Crippen molar-refractivity contribution in [2.24, 2.45) is 0 Å². The topological polar surface area (TPSA) is 82.4 Å². The van der Waals surface area contributed by atoms with Gasteiger partial charge in [0.05, 0.1) is 35.1 Å². The molecule has 1 heterocycles. The number of methoxy groups -OCH3 is 1. The molecule has 0 aliphatic heterocycles. The zero-order chi connectivity index (χ0) is 25.6. The smallest absolute Gasteiger partial charge is 0.266 e. The van der Waals surface area contributed by atoms with Gasteiger partial charge < -0.3 is 14.8 Å². The number of nitrogens with one attached hydrogen (secondary N) is 1. The minimum absolute atomic E-state index is 0.0361. The lowest BCUT2D eigenvalue weighted by Crippen LogP contribution is -2.23. The average Bonchev–Trinajstić information content (AvgIpc) is 2.93. The van der Waals surface area contributed by atoms with Gasteiger partial charge in [-0.05, 0) is 48.5 Å². The molecule has 1 aromatic heterocycles. The molecule has 0 aliphatic rings. The number of fused-ring (bicyclic) bond motifs is 1. The summed E-state index contributed by atoms with van der Waals surface area (Å²) in [7, 11) is 1.57. The minimum atomic E-state index is -0.256. The van der Waals surface area contributed by atoms with E-state index in [-0.39, 0.29) is 17.2 Å². The molecule has 1 N–H and O–H groups in total. The first kappa shape index (κ1) is 24.1. The largest absolute Gasteiger partial charge is 0.497 e. The van der Waals surface area contributed by atoms with Gasteiger partial charge in [0.25, 0.3) is 5.56 Å². The summed E-state index contributed by atoms with van der Waals surface area (Å²) in [6.07, 6.45) is 0. The van der Waals surface area contributed by atoms with Crippen LogP contribution in [0.4, 0.5) is 5.69 Å². The van der Waals surface area contributed by atoms with Crippen LogP contribution >= 0.6 is 11.8 Å². The first-order chi connectivity index (χ1) is 18.1. The van der Waals surface area contributed by atoms with E-state index in [4.69, 9.17) is 14.5 Å². The molecule has 0 spiro atoms. The lowest BCUT2D eigenvalue weighted by Gasteiger charge is -2.15. The maximum absolute atomic E-state index is 13.5. The summed E-state index contributed by atoms with van der Waals surface area (Å²) in [6, 6.07) is 30.9. The number of hydrogen-bond acceptors (Lipinski definition) is 6. The van der Waals surface area contributed by atoms with Gasteiger partial charge in [0.2, 0.25) is 5.91 Å². The Morgan fingerprint density at radius 3 is 2.46 bits per heavy atom. The summed E-state index contributed by atoms with van der Waals surface area (Å²) >= 11 is 1.18. The van der Waals surface area contributed by atoms with Crippen LogP contribution in [-0.4, -0.2) is 28.3 Å². The van der Waals surface area contributed by atoms with Crippen molar-refractivity contribution in [1.82, 2.24) is 9.55 Å². The number of amides is 1. The Morgan fingerprint density at radius 2 is 1.62 bits per heavy atom. The van der Waals surface area contributed by atoms with Crippen LogP contribution < -0.4 is 20.3 Å². The highest BCUT2D eigenvalue weighted by Crippen LogP contribution is 2.30. The highest BCUT2D eigenvalue weighted by Gasteiger charge is 2.16. The van der Waals surface area contributed by atoms with Crippen molar-refractivity contribution in [2.75, 3.05) is 18.2 Å². The van der Waals surface area contributed by atoms with Gasteiger partial charge in [-0.3, -0.25) is 14.2 Å². The fourth-order valence-electron chi connectivity index (χ4n) is 3.78. The first-order valence-corrected chi connectivity index (χ1v) is 12.5. The Hall–Kier alpha value is -4.56. The quantitative estimate of drug-likeness (QED) is 0.207. The highest BCUT2D eigenvalue weighted by molar-refractivity contribution is 7.99. The number of rotatable bonds is 8. The number of carbonyl (C=O) groups excluding carboxylic acids is 1. The monoisotopic (exact) mass is 509 g/mol. The van der Waals surface area contributed by atoms with E-state index < -0.39 is 0 Å². The zero-order valence-electron chi connectivity index (χ0n) is 20.0. The number of thioether (sulfide) groups is 1. The standard InChI is InChI=1S/C29H23N3O4S/c1-35-22-13-9-10-20(18-22)32-28(34)23-14-5-6-15-24(23)31-29(32)37-19-27(33)30-25-16-7-8-17-26(25)36-21-11-3-2-4-12-21/h2-18H,19H2,1H3,(H,30,33). The van der Waals surface area contributed by atoms with E-state index in [2.05, 4.69) is 5.32 Å². The second kappa shape index (κ2) is 11.0. The number of benzene rings is 4. The van der Waals surface area contributed by atoms with E-state index >= 15 is 0 Å². The number of ether oxygens (including phenoxy) is 2. The van der Waals surface area contributed by atoms with Crippen molar-refractivity contribution in [3.05, 3.63) is 113 Å². The van der Waals surface area contributed by atoms with Gasteiger partial charge in [0.1, 0.15) is 11.5 Å². The molecule has 0 unspecified atom stereocenters. The summed E-state index contributed by atoms with van der Waals surface area (Å²) in [4.78, 5) is 31.1. The summed E-state index contributed by atoms with van der Waals surface area (Å²) in [5.41, 5.74) is 1.50. The molecule has 5 rings (SSSR count). The van der Waals surface area contributed by atoms with Crippen LogP contribution in [0.5, 0.6) is 17.2 Å². The van der Waals surface area contributed by atoms with Gasteiger partial charge in [0, 0.05) is 6.07 Å². The lowest BCUT2D eigenvalue weighted by atomic mass is 10.2. The fraction of sp³-hybridized carbons (Fsp3) is 0.0690. The van der Waals surface area contributed by atoms with Gasteiger partial charge in [-0.1, -0.05) is 60.3 Å². The van der Waals surface area contributed by atoms with Gasteiger partial charge in [0.15, 0.2) is 10.9 Å². The molecule has 0 saturated carbocycles. The number of anilines is 1.